The number of thiocarbonyl (C=S) groups is 1. The summed E-state index contributed by atoms with van der Waals surface area (Å²) >= 11 is 5.00. The van der Waals surface area contributed by atoms with E-state index in [0.717, 1.165) is 19.3 Å². The molecule has 1 fully saturated rings. The molecule has 0 radical (unpaired) electrons. The van der Waals surface area contributed by atoms with Crippen molar-refractivity contribution >= 4 is 23.1 Å². The van der Waals surface area contributed by atoms with E-state index >= 15 is 0 Å². The van der Waals surface area contributed by atoms with Gasteiger partial charge in [-0.3, -0.25) is 4.79 Å². The molecule has 114 valence electrons. The molecule has 21 heavy (non-hydrogen) atoms. The van der Waals surface area contributed by atoms with E-state index in [1.807, 2.05) is 0 Å². The zero-order valence-corrected chi connectivity index (χ0v) is 12.1. The summed E-state index contributed by atoms with van der Waals surface area (Å²) < 4.78 is 28.8. The van der Waals surface area contributed by atoms with Crippen molar-refractivity contribution in [1.82, 2.24) is 4.90 Å². The standard InChI is InChI=1S/C14H16F2N2O2S/c15-14(16)20-10-5-3-4-9(8-10)13(19)18-7-2-1-6-11(18)12(17)21/h3-5,8,11,14H,1-2,6-7H2,(H2,17,21). The molecule has 1 aliphatic rings. The van der Waals surface area contributed by atoms with Gasteiger partial charge >= 0.3 is 6.61 Å². The highest BCUT2D eigenvalue weighted by Crippen LogP contribution is 2.22. The third-order valence-electron chi connectivity index (χ3n) is 3.40. The number of nitrogens with two attached hydrogens (primary N) is 1. The first-order valence-corrected chi connectivity index (χ1v) is 7.05. The Labute approximate surface area is 126 Å². The molecule has 1 unspecified atom stereocenters. The summed E-state index contributed by atoms with van der Waals surface area (Å²) in [6.45, 7) is -2.37. The van der Waals surface area contributed by atoms with E-state index in [0.29, 0.717) is 6.54 Å². The van der Waals surface area contributed by atoms with Crippen molar-refractivity contribution in [2.45, 2.75) is 31.9 Å². The summed E-state index contributed by atoms with van der Waals surface area (Å²) in [5, 5.41) is 0. The Balaban J connectivity index is 2.20. The maximum absolute atomic E-state index is 12.5. The number of carbonyl (C=O) groups is 1. The Morgan fingerprint density at radius 1 is 1.43 bits per heavy atom. The van der Waals surface area contributed by atoms with Crippen LogP contribution in [0, 0.1) is 0 Å². The van der Waals surface area contributed by atoms with Gasteiger partial charge in [0.25, 0.3) is 5.91 Å². The number of benzene rings is 1. The topological polar surface area (TPSA) is 55.6 Å². The zero-order chi connectivity index (χ0) is 15.4. The van der Waals surface area contributed by atoms with Gasteiger partial charge in [0.1, 0.15) is 5.75 Å². The van der Waals surface area contributed by atoms with E-state index < -0.39 is 6.61 Å². The number of piperidine rings is 1. The molecule has 0 spiro atoms. The molecular formula is C14H16F2N2O2S. The molecule has 2 rings (SSSR count). The largest absolute Gasteiger partial charge is 0.435 e. The van der Waals surface area contributed by atoms with Gasteiger partial charge in [-0.25, -0.2) is 0 Å². The van der Waals surface area contributed by atoms with E-state index in [4.69, 9.17) is 18.0 Å². The van der Waals surface area contributed by atoms with Crippen molar-refractivity contribution in [2.24, 2.45) is 5.73 Å². The number of amides is 1. The Hall–Kier alpha value is -1.76. The highest BCUT2D eigenvalue weighted by Gasteiger charge is 2.29. The van der Waals surface area contributed by atoms with Crippen LogP contribution >= 0.6 is 12.2 Å². The fraction of sp³-hybridized carbons (Fsp3) is 0.429. The quantitative estimate of drug-likeness (QED) is 0.868. The Morgan fingerprint density at radius 2 is 2.19 bits per heavy atom. The maximum Gasteiger partial charge on any atom is 0.387 e. The van der Waals surface area contributed by atoms with Crippen LogP contribution in [0.25, 0.3) is 0 Å². The summed E-state index contributed by atoms with van der Waals surface area (Å²) in [6.07, 6.45) is 2.56. The van der Waals surface area contributed by atoms with Crippen molar-refractivity contribution in [1.29, 1.82) is 0 Å². The molecule has 1 aromatic carbocycles. The predicted molar refractivity (Wildman–Crippen MR) is 78.5 cm³/mol. The molecule has 1 aromatic rings. The lowest BCUT2D eigenvalue weighted by Gasteiger charge is -2.35. The van der Waals surface area contributed by atoms with Gasteiger partial charge in [-0.05, 0) is 37.5 Å². The van der Waals surface area contributed by atoms with Crippen LogP contribution in [0.1, 0.15) is 29.6 Å². The minimum atomic E-state index is -2.92. The molecule has 1 amide bonds. The number of rotatable bonds is 4. The number of alkyl halides is 2. The van der Waals surface area contributed by atoms with Gasteiger partial charge in [0.15, 0.2) is 0 Å². The Kier molecular flexibility index (Phi) is 5.06. The van der Waals surface area contributed by atoms with E-state index in [1.165, 1.54) is 18.2 Å². The van der Waals surface area contributed by atoms with Gasteiger partial charge < -0.3 is 15.4 Å². The normalized spacial score (nSPS) is 18.6. The molecule has 2 N–H and O–H groups in total. The third kappa shape index (κ3) is 3.87. The van der Waals surface area contributed by atoms with Crippen LogP contribution in [0.4, 0.5) is 8.78 Å². The number of ether oxygens (including phenoxy) is 1. The summed E-state index contributed by atoms with van der Waals surface area (Å²) in [5.41, 5.74) is 5.97. The summed E-state index contributed by atoms with van der Waals surface area (Å²) in [4.78, 5) is 14.4. The second-order valence-corrected chi connectivity index (χ2v) is 5.29. The highest BCUT2D eigenvalue weighted by atomic mass is 32.1. The smallest absolute Gasteiger partial charge is 0.387 e. The van der Waals surface area contributed by atoms with E-state index in [-0.39, 0.29) is 28.3 Å². The van der Waals surface area contributed by atoms with Gasteiger partial charge in [0, 0.05) is 12.1 Å². The Bertz CT molecular complexity index is 539. The lowest BCUT2D eigenvalue weighted by molar-refractivity contribution is -0.0499. The molecular weight excluding hydrogens is 298 g/mol. The monoisotopic (exact) mass is 314 g/mol. The molecule has 0 saturated carbocycles. The molecule has 1 atom stereocenters. The highest BCUT2D eigenvalue weighted by molar-refractivity contribution is 7.80. The second-order valence-electron chi connectivity index (χ2n) is 4.82. The molecule has 4 nitrogen and oxygen atoms in total. The minimum Gasteiger partial charge on any atom is -0.435 e. The van der Waals surface area contributed by atoms with Crippen LogP contribution in [0.15, 0.2) is 24.3 Å². The van der Waals surface area contributed by atoms with Gasteiger partial charge in [-0.15, -0.1) is 0 Å². The lowest BCUT2D eigenvalue weighted by Crippen LogP contribution is -2.49. The fourth-order valence-electron chi connectivity index (χ4n) is 2.44. The number of hydrogen-bond donors (Lipinski definition) is 1. The third-order valence-corrected chi connectivity index (χ3v) is 3.67. The van der Waals surface area contributed by atoms with Gasteiger partial charge in [-0.1, -0.05) is 18.3 Å². The SMILES string of the molecule is NC(=S)C1CCCCN1C(=O)c1cccc(OC(F)F)c1. The van der Waals surface area contributed by atoms with Crippen molar-refractivity contribution in [3.8, 4) is 5.75 Å². The van der Waals surface area contributed by atoms with Gasteiger partial charge in [0.05, 0.1) is 11.0 Å². The second kappa shape index (κ2) is 6.80. The van der Waals surface area contributed by atoms with Crippen LogP contribution in [0.5, 0.6) is 5.75 Å². The first kappa shape index (κ1) is 15.6. The van der Waals surface area contributed by atoms with Crippen LogP contribution in [0.2, 0.25) is 0 Å². The van der Waals surface area contributed by atoms with Crippen LogP contribution in [0.3, 0.4) is 0 Å². The molecule has 0 aromatic heterocycles. The molecule has 0 bridgehead atoms. The first-order valence-electron chi connectivity index (χ1n) is 6.64. The number of carbonyl (C=O) groups excluding carboxylic acids is 1. The maximum atomic E-state index is 12.5. The van der Waals surface area contributed by atoms with Crippen molar-refractivity contribution < 1.29 is 18.3 Å². The first-order chi connectivity index (χ1) is 9.99. The zero-order valence-electron chi connectivity index (χ0n) is 11.3. The van der Waals surface area contributed by atoms with E-state index in [2.05, 4.69) is 4.74 Å². The molecule has 7 heteroatoms. The predicted octanol–water partition coefficient (Wildman–Crippen LogP) is 2.57. The fourth-order valence-corrected chi connectivity index (χ4v) is 2.69. The van der Waals surface area contributed by atoms with E-state index in [1.54, 1.807) is 11.0 Å². The van der Waals surface area contributed by atoms with Crippen LogP contribution < -0.4 is 10.5 Å². The molecule has 1 heterocycles. The number of nitrogens with zero attached hydrogens (tertiary/aromatic N) is 1. The molecule has 1 saturated heterocycles. The lowest BCUT2D eigenvalue weighted by atomic mass is 10.0. The van der Waals surface area contributed by atoms with E-state index in [9.17, 15) is 13.6 Å². The van der Waals surface area contributed by atoms with Crippen LogP contribution in [-0.2, 0) is 0 Å². The van der Waals surface area contributed by atoms with Crippen LogP contribution in [-0.4, -0.2) is 35.0 Å². The summed E-state index contributed by atoms with van der Waals surface area (Å²) in [6, 6.07) is 5.47. The van der Waals surface area contributed by atoms with Crippen molar-refractivity contribution in [3.63, 3.8) is 0 Å². The average Bonchev–Trinajstić information content (AvgIpc) is 2.46. The molecule has 1 aliphatic heterocycles. The number of hydrogen-bond acceptors (Lipinski definition) is 3. The molecule has 0 aliphatic carbocycles. The number of halogens is 2. The van der Waals surface area contributed by atoms with Gasteiger partial charge in [-0.2, -0.15) is 8.78 Å². The van der Waals surface area contributed by atoms with Gasteiger partial charge in [0.2, 0.25) is 0 Å². The summed E-state index contributed by atoms with van der Waals surface area (Å²) in [5.74, 6) is -0.313. The van der Waals surface area contributed by atoms with Crippen molar-refractivity contribution in [2.75, 3.05) is 6.54 Å². The number of likely N-dealkylation sites (tertiary alicyclic amines) is 1. The Morgan fingerprint density at radius 3 is 2.86 bits per heavy atom. The summed E-state index contributed by atoms with van der Waals surface area (Å²) in [7, 11) is 0. The minimum absolute atomic E-state index is 0.0419. The average molecular weight is 314 g/mol. The van der Waals surface area contributed by atoms with Crippen molar-refractivity contribution in [3.05, 3.63) is 29.8 Å².